The first-order valence-electron chi connectivity index (χ1n) is 6.31. The zero-order valence-corrected chi connectivity index (χ0v) is 12.0. The van der Waals surface area contributed by atoms with E-state index in [2.05, 4.69) is 18.7 Å². The van der Waals surface area contributed by atoms with Crippen molar-refractivity contribution in [3.05, 3.63) is 34.6 Å². The minimum Gasteiger partial charge on any atom is -0.329 e. The highest BCUT2D eigenvalue weighted by atomic mass is 35.5. The van der Waals surface area contributed by atoms with Crippen molar-refractivity contribution in [1.29, 1.82) is 0 Å². The average Bonchev–Trinajstić information content (AvgIpc) is 2.31. The summed E-state index contributed by atoms with van der Waals surface area (Å²) in [6.45, 7) is 5.57. The molecule has 102 valence electrons. The molecule has 0 heterocycles. The Morgan fingerprint density at radius 1 is 1.39 bits per heavy atom. The Morgan fingerprint density at radius 2 is 2.06 bits per heavy atom. The van der Waals surface area contributed by atoms with E-state index in [-0.39, 0.29) is 11.9 Å². The van der Waals surface area contributed by atoms with Gasteiger partial charge in [0, 0.05) is 17.1 Å². The van der Waals surface area contributed by atoms with Gasteiger partial charge in [0.1, 0.15) is 5.82 Å². The maximum atomic E-state index is 13.9. The molecule has 2 nitrogen and oxygen atoms in total. The molecule has 0 spiro atoms. The van der Waals surface area contributed by atoms with Crippen LogP contribution in [-0.4, -0.2) is 25.0 Å². The van der Waals surface area contributed by atoms with Gasteiger partial charge in [-0.25, -0.2) is 4.39 Å². The van der Waals surface area contributed by atoms with Crippen molar-refractivity contribution in [2.45, 2.75) is 26.3 Å². The van der Waals surface area contributed by atoms with Crippen molar-refractivity contribution in [3.63, 3.8) is 0 Å². The summed E-state index contributed by atoms with van der Waals surface area (Å²) in [5.74, 6) is 0.330. The number of hydrogen-bond acceptors (Lipinski definition) is 2. The van der Waals surface area contributed by atoms with Gasteiger partial charge in [0.15, 0.2) is 0 Å². The summed E-state index contributed by atoms with van der Waals surface area (Å²) >= 11 is 6.09. The maximum Gasteiger partial charge on any atom is 0.129 e. The topological polar surface area (TPSA) is 29.3 Å². The Labute approximate surface area is 114 Å². The molecule has 2 N–H and O–H groups in total. The molecule has 0 bridgehead atoms. The molecule has 1 unspecified atom stereocenters. The zero-order chi connectivity index (χ0) is 13.7. The smallest absolute Gasteiger partial charge is 0.129 e. The molecule has 0 saturated carbocycles. The average molecular weight is 273 g/mol. The van der Waals surface area contributed by atoms with Crippen molar-refractivity contribution in [2.24, 2.45) is 11.7 Å². The fraction of sp³-hybridized carbons (Fsp3) is 0.571. The predicted octanol–water partition coefficient (Wildman–Crippen LogP) is 3.46. The van der Waals surface area contributed by atoms with Crippen LogP contribution in [0.4, 0.5) is 4.39 Å². The molecule has 0 aliphatic heterocycles. The van der Waals surface area contributed by atoms with Gasteiger partial charge in [0.25, 0.3) is 0 Å². The molecule has 0 aliphatic carbocycles. The van der Waals surface area contributed by atoms with E-state index in [0.29, 0.717) is 23.0 Å². The fourth-order valence-corrected chi connectivity index (χ4v) is 2.25. The Morgan fingerprint density at radius 3 is 2.56 bits per heavy atom. The summed E-state index contributed by atoms with van der Waals surface area (Å²) in [6.07, 6.45) is 1.05. The summed E-state index contributed by atoms with van der Waals surface area (Å²) in [4.78, 5) is 2.07. The predicted molar refractivity (Wildman–Crippen MR) is 75.3 cm³/mol. The van der Waals surface area contributed by atoms with Gasteiger partial charge < -0.3 is 5.73 Å². The van der Waals surface area contributed by atoms with Crippen LogP contribution in [0.25, 0.3) is 0 Å². The maximum absolute atomic E-state index is 13.9. The molecule has 0 radical (unpaired) electrons. The van der Waals surface area contributed by atoms with Crippen LogP contribution in [0.1, 0.15) is 31.9 Å². The lowest BCUT2D eigenvalue weighted by atomic mass is 10.0. The first-order valence-corrected chi connectivity index (χ1v) is 6.69. The molecule has 0 aromatic heterocycles. The van der Waals surface area contributed by atoms with E-state index in [1.807, 2.05) is 7.05 Å². The molecular weight excluding hydrogens is 251 g/mol. The SMILES string of the molecule is CC(C)CCN(C)C(CN)c1c(F)cccc1Cl. The normalized spacial score (nSPS) is 13.3. The molecule has 1 atom stereocenters. The van der Waals surface area contributed by atoms with Crippen LogP contribution >= 0.6 is 11.6 Å². The molecule has 0 amide bonds. The summed E-state index contributed by atoms with van der Waals surface area (Å²) < 4.78 is 13.9. The van der Waals surface area contributed by atoms with Crippen molar-refractivity contribution in [1.82, 2.24) is 4.90 Å². The Bertz CT molecular complexity index is 362. The van der Waals surface area contributed by atoms with Crippen molar-refractivity contribution < 1.29 is 4.39 Å². The van der Waals surface area contributed by atoms with Gasteiger partial charge in [-0.15, -0.1) is 0 Å². The molecule has 18 heavy (non-hydrogen) atoms. The van der Waals surface area contributed by atoms with E-state index in [1.54, 1.807) is 12.1 Å². The minimum atomic E-state index is -0.283. The van der Waals surface area contributed by atoms with Gasteiger partial charge in [-0.2, -0.15) is 0 Å². The minimum absolute atomic E-state index is 0.169. The van der Waals surface area contributed by atoms with Gasteiger partial charge in [-0.1, -0.05) is 31.5 Å². The third kappa shape index (κ3) is 3.94. The van der Waals surface area contributed by atoms with E-state index in [0.717, 1.165) is 13.0 Å². The molecule has 0 fully saturated rings. The van der Waals surface area contributed by atoms with Crippen molar-refractivity contribution in [3.8, 4) is 0 Å². The zero-order valence-electron chi connectivity index (χ0n) is 11.3. The highest BCUT2D eigenvalue weighted by Crippen LogP contribution is 2.29. The van der Waals surface area contributed by atoms with E-state index < -0.39 is 0 Å². The molecular formula is C14H22ClFN2. The number of benzene rings is 1. The van der Waals surface area contributed by atoms with Gasteiger partial charge in [0.05, 0.1) is 6.04 Å². The highest BCUT2D eigenvalue weighted by Gasteiger charge is 2.21. The summed E-state index contributed by atoms with van der Waals surface area (Å²) in [7, 11) is 1.96. The number of nitrogens with zero attached hydrogens (tertiary/aromatic N) is 1. The lowest BCUT2D eigenvalue weighted by Gasteiger charge is -2.28. The second-order valence-electron chi connectivity index (χ2n) is 5.05. The van der Waals surface area contributed by atoms with Crippen LogP contribution in [-0.2, 0) is 0 Å². The largest absolute Gasteiger partial charge is 0.329 e. The number of likely N-dealkylation sites (N-methyl/N-ethyl adjacent to an activating group) is 1. The van der Waals surface area contributed by atoms with E-state index >= 15 is 0 Å². The van der Waals surface area contributed by atoms with Crippen LogP contribution < -0.4 is 5.73 Å². The standard InChI is InChI=1S/C14H22ClFN2/c1-10(2)7-8-18(3)13(9-17)14-11(15)5-4-6-12(14)16/h4-6,10,13H,7-9,17H2,1-3H3. The van der Waals surface area contributed by atoms with E-state index in [1.165, 1.54) is 6.07 Å². The number of halogens is 2. The third-order valence-corrected chi connectivity index (χ3v) is 3.48. The Balaban J connectivity index is 2.88. The van der Waals surface area contributed by atoms with Crippen LogP contribution in [0, 0.1) is 11.7 Å². The summed E-state index contributed by atoms with van der Waals surface area (Å²) in [6, 6.07) is 4.58. The number of hydrogen-bond donors (Lipinski definition) is 1. The van der Waals surface area contributed by atoms with Crippen LogP contribution in [0.3, 0.4) is 0 Å². The Hall–Kier alpha value is -0.640. The first kappa shape index (κ1) is 15.4. The van der Waals surface area contributed by atoms with E-state index in [4.69, 9.17) is 17.3 Å². The molecule has 0 aliphatic rings. The van der Waals surface area contributed by atoms with Gasteiger partial charge in [-0.05, 0) is 38.1 Å². The van der Waals surface area contributed by atoms with Crippen LogP contribution in [0.2, 0.25) is 5.02 Å². The number of nitrogens with two attached hydrogens (primary N) is 1. The second-order valence-corrected chi connectivity index (χ2v) is 5.46. The van der Waals surface area contributed by atoms with Crippen molar-refractivity contribution in [2.75, 3.05) is 20.1 Å². The fourth-order valence-electron chi connectivity index (χ4n) is 1.96. The quantitative estimate of drug-likeness (QED) is 0.859. The number of rotatable bonds is 6. The highest BCUT2D eigenvalue weighted by molar-refractivity contribution is 6.31. The molecule has 0 saturated heterocycles. The van der Waals surface area contributed by atoms with Gasteiger partial charge in [-0.3, -0.25) is 4.90 Å². The lowest BCUT2D eigenvalue weighted by molar-refractivity contribution is 0.232. The molecule has 1 aromatic rings. The van der Waals surface area contributed by atoms with E-state index in [9.17, 15) is 4.39 Å². The van der Waals surface area contributed by atoms with Crippen LogP contribution in [0.5, 0.6) is 0 Å². The van der Waals surface area contributed by atoms with Gasteiger partial charge >= 0.3 is 0 Å². The van der Waals surface area contributed by atoms with Crippen molar-refractivity contribution >= 4 is 11.6 Å². The molecule has 1 rings (SSSR count). The second kappa shape index (κ2) is 7.07. The summed E-state index contributed by atoms with van der Waals surface area (Å²) in [5.41, 5.74) is 6.29. The van der Waals surface area contributed by atoms with Crippen LogP contribution in [0.15, 0.2) is 18.2 Å². The van der Waals surface area contributed by atoms with Gasteiger partial charge in [0.2, 0.25) is 0 Å². The Kier molecular flexibility index (Phi) is 6.06. The lowest BCUT2D eigenvalue weighted by Crippen LogP contribution is -2.32. The molecule has 1 aromatic carbocycles. The molecule has 4 heteroatoms. The third-order valence-electron chi connectivity index (χ3n) is 3.15. The monoisotopic (exact) mass is 272 g/mol. The summed E-state index contributed by atoms with van der Waals surface area (Å²) in [5, 5.41) is 0.446. The first-order chi connectivity index (χ1) is 8.47.